The highest BCUT2D eigenvalue weighted by Crippen LogP contribution is 2.14. The van der Waals surface area contributed by atoms with E-state index in [9.17, 15) is 0 Å². The van der Waals surface area contributed by atoms with Gasteiger partial charge in [-0.05, 0) is 12.1 Å². The van der Waals surface area contributed by atoms with Crippen molar-refractivity contribution in [3.8, 4) is 0 Å². The van der Waals surface area contributed by atoms with Gasteiger partial charge in [-0.3, -0.25) is 4.98 Å². The van der Waals surface area contributed by atoms with Crippen LogP contribution in [0.4, 0.5) is 5.69 Å². The Kier molecular flexibility index (Phi) is 2.96. The molecular weight excluding hydrogens is 176 g/mol. The monoisotopic (exact) mass is 192 g/mol. The summed E-state index contributed by atoms with van der Waals surface area (Å²) < 4.78 is 0. The molecule has 14 heavy (non-hydrogen) atoms. The first-order chi connectivity index (χ1) is 6.90. The number of nitrogens with one attached hydrogen (secondary N) is 1. The second-order valence-electron chi connectivity index (χ2n) is 3.45. The van der Waals surface area contributed by atoms with E-state index >= 15 is 0 Å². The van der Waals surface area contributed by atoms with Crippen LogP contribution in [0.3, 0.4) is 0 Å². The van der Waals surface area contributed by atoms with E-state index in [4.69, 9.17) is 5.73 Å². The van der Waals surface area contributed by atoms with E-state index in [1.165, 1.54) is 5.69 Å². The van der Waals surface area contributed by atoms with Gasteiger partial charge in [-0.25, -0.2) is 0 Å². The Labute approximate surface area is 84.1 Å². The predicted octanol–water partition coefficient (Wildman–Crippen LogP) is -0.0501. The Morgan fingerprint density at radius 2 is 2.21 bits per heavy atom. The molecule has 1 aromatic rings. The Balaban J connectivity index is 2.13. The number of pyridine rings is 1. The van der Waals surface area contributed by atoms with Crippen molar-refractivity contribution in [2.45, 2.75) is 6.54 Å². The van der Waals surface area contributed by atoms with Crippen LogP contribution in [0.5, 0.6) is 0 Å². The van der Waals surface area contributed by atoms with E-state index in [1.807, 2.05) is 12.3 Å². The van der Waals surface area contributed by atoms with E-state index in [-0.39, 0.29) is 0 Å². The minimum atomic E-state index is 0.514. The molecule has 4 heteroatoms. The lowest BCUT2D eigenvalue weighted by molar-refractivity contribution is 0.589. The number of nitrogens with zero attached hydrogens (tertiary/aromatic N) is 2. The molecule has 0 radical (unpaired) electrons. The fourth-order valence-corrected chi connectivity index (χ4v) is 1.70. The highest BCUT2D eigenvalue weighted by molar-refractivity contribution is 5.46. The Hall–Kier alpha value is -1.13. The molecule has 1 aliphatic rings. The number of piperazine rings is 1. The molecule has 4 nitrogen and oxygen atoms in total. The maximum Gasteiger partial charge on any atom is 0.0560 e. The molecule has 0 saturated carbocycles. The molecule has 0 bridgehead atoms. The second-order valence-corrected chi connectivity index (χ2v) is 3.45. The fourth-order valence-electron chi connectivity index (χ4n) is 1.70. The van der Waals surface area contributed by atoms with Crippen LogP contribution in [-0.4, -0.2) is 31.2 Å². The number of hydrogen-bond acceptors (Lipinski definition) is 4. The summed E-state index contributed by atoms with van der Waals surface area (Å²) >= 11 is 0. The molecular formula is C10H16N4. The molecule has 1 aliphatic heterocycles. The zero-order valence-corrected chi connectivity index (χ0v) is 8.24. The smallest absolute Gasteiger partial charge is 0.0560 e. The third-order valence-electron chi connectivity index (χ3n) is 2.49. The Morgan fingerprint density at radius 1 is 1.43 bits per heavy atom. The fraction of sp³-hybridized carbons (Fsp3) is 0.500. The molecule has 1 saturated heterocycles. The van der Waals surface area contributed by atoms with Crippen molar-refractivity contribution in [1.29, 1.82) is 0 Å². The van der Waals surface area contributed by atoms with Crippen LogP contribution in [-0.2, 0) is 6.54 Å². The van der Waals surface area contributed by atoms with Crippen molar-refractivity contribution < 1.29 is 0 Å². The van der Waals surface area contributed by atoms with E-state index in [0.29, 0.717) is 6.54 Å². The van der Waals surface area contributed by atoms with E-state index in [0.717, 1.165) is 31.9 Å². The molecule has 2 heterocycles. The quantitative estimate of drug-likeness (QED) is 0.690. The van der Waals surface area contributed by atoms with Crippen molar-refractivity contribution in [1.82, 2.24) is 10.3 Å². The molecule has 76 valence electrons. The number of aromatic nitrogens is 1. The zero-order valence-electron chi connectivity index (χ0n) is 8.24. The molecule has 0 atom stereocenters. The molecule has 0 aliphatic carbocycles. The maximum atomic E-state index is 5.55. The average Bonchev–Trinajstić information content (AvgIpc) is 2.30. The molecule has 0 unspecified atom stereocenters. The van der Waals surface area contributed by atoms with Gasteiger partial charge in [-0.2, -0.15) is 0 Å². The van der Waals surface area contributed by atoms with Gasteiger partial charge in [0.25, 0.3) is 0 Å². The van der Waals surface area contributed by atoms with Gasteiger partial charge in [-0.1, -0.05) is 0 Å². The molecule has 0 aromatic carbocycles. The first kappa shape index (κ1) is 9.43. The highest BCUT2D eigenvalue weighted by Gasteiger charge is 2.10. The summed E-state index contributed by atoms with van der Waals surface area (Å²) in [5.74, 6) is 0. The third-order valence-corrected chi connectivity index (χ3v) is 2.49. The predicted molar refractivity (Wildman–Crippen MR) is 57.2 cm³/mol. The van der Waals surface area contributed by atoms with Crippen molar-refractivity contribution in [2.24, 2.45) is 5.73 Å². The maximum absolute atomic E-state index is 5.55. The summed E-state index contributed by atoms with van der Waals surface area (Å²) in [6.45, 7) is 4.75. The zero-order chi connectivity index (χ0) is 9.80. The van der Waals surface area contributed by atoms with Gasteiger partial charge in [0.05, 0.1) is 5.69 Å². The van der Waals surface area contributed by atoms with Crippen LogP contribution < -0.4 is 16.0 Å². The van der Waals surface area contributed by atoms with Gasteiger partial charge in [0.15, 0.2) is 0 Å². The summed E-state index contributed by atoms with van der Waals surface area (Å²) in [5.41, 5.74) is 7.75. The lowest BCUT2D eigenvalue weighted by Crippen LogP contribution is -2.43. The SMILES string of the molecule is NCc1cc(N2CCNCC2)ccn1. The van der Waals surface area contributed by atoms with E-state index < -0.39 is 0 Å². The summed E-state index contributed by atoms with van der Waals surface area (Å²) in [4.78, 5) is 6.54. The standard InChI is InChI=1S/C10H16N4/c11-8-9-7-10(1-2-13-9)14-5-3-12-4-6-14/h1-2,7,12H,3-6,8,11H2. The Morgan fingerprint density at radius 3 is 2.93 bits per heavy atom. The Bertz CT molecular complexity index is 294. The first-order valence-electron chi connectivity index (χ1n) is 5.01. The summed E-state index contributed by atoms with van der Waals surface area (Å²) in [7, 11) is 0. The molecule has 2 rings (SSSR count). The number of anilines is 1. The molecule has 1 fully saturated rings. The number of hydrogen-bond donors (Lipinski definition) is 2. The normalized spacial score (nSPS) is 17.1. The number of nitrogens with two attached hydrogens (primary N) is 1. The van der Waals surface area contributed by atoms with Gasteiger partial charge >= 0.3 is 0 Å². The topological polar surface area (TPSA) is 54.2 Å². The molecule has 0 amide bonds. The van der Waals surface area contributed by atoms with Crippen LogP contribution in [0.2, 0.25) is 0 Å². The highest BCUT2D eigenvalue weighted by atomic mass is 15.2. The molecule has 0 spiro atoms. The summed E-state index contributed by atoms with van der Waals surface area (Å²) in [6, 6.07) is 4.12. The van der Waals surface area contributed by atoms with Gasteiger partial charge in [0, 0.05) is 44.6 Å². The van der Waals surface area contributed by atoms with Gasteiger partial charge < -0.3 is 16.0 Å². The first-order valence-corrected chi connectivity index (χ1v) is 5.01. The van der Waals surface area contributed by atoms with Crippen LogP contribution in [0.25, 0.3) is 0 Å². The largest absolute Gasteiger partial charge is 0.369 e. The second kappa shape index (κ2) is 4.39. The van der Waals surface area contributed by atoms with Gasteiger partial charge in [0.2, 0.25) is 0 Å². The van der Waals surface area contributed by atoms with E-state index in [2.05, 4.69) is 21.3 Å². The van der Waals surface area contributed by atoms with Crippen molar-refractivity contribution in [3.63, 3.8) is 0 Å². The summed E-state index contributed by atoms with van der Waals surface area (Å²) in [6.07, 6.45) is 1.83. The number of rotatable bonds is 2. The van der Waals surface area contributed by atoms with Crippen molar-refractivity contribution >= 4 is 5.69 Å². The molecule has 1 aromatic heterocycles. The van der Waals surface area contributed by atoms with Crippen LogP contribution in [0, 0.1) is 0 Å². The van der Waals surface area contributed by atoms with Crippen LogP contribution >= 0.6 is 0 Å². The van der Waals surface area contributed by atoms with Gasteiger partial charge in [0.1, 0.15) is 0 Å². The minimum Gasteiger partial charge on any atom is -0.369 e. The third kappa shape index (κ3) is 2.02. The molecule has 3 N–H and O–H groups in total. The van der Waals surface area contributed by atoms with Crippen LogP contribution in [0.15, 0.2) is 18.3 Å². The van der Waals surface area contributed by atoms with Crippen LogP contribution in [0.1, 0.15) is 5.69 Å². The van der Waals surface area contributed by atoms with E-state index in [1.54, 1.807) is 0 Å². The van der Waals surface area contributed by atoms with Crippen molar-refractivity contribution in [2.75, 3.05) is 31.1 Å². The van der Waals surface area contributed by atoms with Crippen molar-refractivity contribution in [3.05, 3.63) is 24.0 Å². The summed E-state index contributed by atoms with van der Waals surface area (Å²) in [5, 5.41) is 3.33. The average molecular weight is 192 g/mol. The van der Waals surface area contributed by atoms with Gasteiger partial charge in [-0.15, -0.1) is 0 Å². The minimum absolute atomic E-state index is 0.514. The lowest BCUT2D eigenvalue weighted by Gasteiger charge is -2.29. The lowest BCUT2D eigenvalue weighted by atomic mass is 10.2.